The van der Waals surface area contributed by atoms with E-state index < -0.39 is 0 Å². The zero-order chi connectivity index (χ0) is 17.5. The first-order chi connectivity index (χ1) is 11.5. The maximum Gasteiger partial charge on any atom is 0.254 e. The standard InChI is InChI=1S/C17H20BrN3O3/c1-3-4-9-21(17(23)13-5-7-14(18)8-6-13)11-16(22)19-15-10-12(2)24-20-15/h5-8,10H,3-4,9,11H2,1-2H3,(H,19,20,22). The molecule has 0 fully saturated rings. The van der Waals surface area contributed by atoms with Gasteiger partial charge in [0.15, 0.2) is 5.82 Å². The smallest absolute Gasteiger partial charge is 0.254 e. The number of nitrogens with zero attached hydrogens (tertiary/aromatic N) is 2. The third kappa shape index (κ3) is 5.19. The fraction of sp³-hybridized carbons (Fsp3) is 0.353. The molecule has 0 aliphatic carbocycles. The number of halogens is 1. The van der Waals surface area contributed by atoms with Crippen LogP contribution in [0.3, 0.4) is 0 Å². The molecule has 7 heteroatoms. The number of benzene rings is 1. The number of aromatic nitrogens is 1. The highest BCUT2D eigenvalue weighted by atomic mass is 79.9. The monoisotopic (exact) mass is 393 g/mol. The van der Waals surface area contributed by atoms with Crippen LogP contribution in [0.15, 0.2) is 39.3 Å². The van der Waals surface area contributed by atoms with Crippen molar-refractivity contribution < 1.29 is 14.1 Å². The van der Waals surface area contributed by atoms with Gasteiger partial charge in [-0.1, -0.05) is 34.4 Å². The van der Waals surface area contributed by atoms with Gasteiger partial charge < -0.3 is 14.7 Å². The largest absolute Gasteiger partial charge is 0.360 e. The van der Waals surface area contributed by atoms with Crippen LogP contribution < -0.4 is 5.32 Å². The molecule has 0 bridgehead atoms. The van der Waals surface area contributed by atoms with Crippen LogP contribution in [0.1, 0.15) is 35.9 Å². The number of carbonyl (C=O) groups excluding carboxylic acids is 2. The molecular formula is C17H20BrN3O3. The predicted molar refractivity (Wildman–Crippen MR) is 94.8 cm³/mol. The molecule has 24 heavy (non-hydrogen) atoms. The van der Waals surface area contributed by atoms with Crippen molar-refractivity contribution in [2.24, 2.45) is 0 Å². The number of unbranched alkanes of at least 4 members (excludes halogenated alkanes) is 1. The number of aryl methyl sites for hydroxylation is 1. The Kier molecular flexibility index (Phi) is 6.54. The molecule has 0 spiro atoms. The van der Waals surface area contributed by atoms with E-state index in [0.717, 1.165) is 17.3 Å². The fourth-order valence-corrected chi connectivity index (χ4v) is 2.42. The van der Waals surface area contributed by atoms with Crippen LogP contribution in [0, 0.1) is 6.92 Å². The summed E-state index contributed by atoms with van der Waals surface area (Å²) in [6, 6.07) is 8.73. The Morgan fingerprint density at radius 1 is 1.29 bits per heavy atom. The lowest BCUT2D eigenvalue weighted by molar-refractivity contribution is -0.117. The average Bonchev–Trinajstić information content (AvgIpc) is 2.96. The molecule has 1 heterocycles. The molecule has 0 radical (unpaired) electrons. The van der Waals surface area contributed by atoms with E-state index in [1.54, 1.807) is 30.0 Å². The third-order valence-corrected chi connectivity index (χ3v) is 3.92. The van der Waals surface area contributed by atoms with Gasteiger partial charge in [-0.15, -0.1) is 0 Å². The van der Waals surface area contributed by atoms with Crippen LogP contribution in [0.5, 0.6) is 0 Å². The summed E-state index contributed by atoms with van der Waals surface area (Å²) in [6.45, 7) is 4.28. The number of hydrogen-bond acceptors (Lipinski definition) is 4. The van der Waals surface area contributed by atoms with Crippen LogP contribution in [0.25, 0.3) is 0 Å². The Bertz CT molecular complexity index is 697. The molecule has 6 nitrogen and oxygen atoms in total. The highest BCUT2D eigenvalue weighted by Gasteiger charge is 2.19. The van der Waals surface area contributed by atoms with Gasteiger partial charge in [0.1, 0.15) is 12.3 Å². The first-order valence-corrected chi connectivity index (χ1v) is 8.57. The third-order valence-electron chi connectivity index (χ3n) is 3.39. The summed E-state index contributed by atoms with van der Waals surface area (Å²) in [5.41, 5.74) is 0.555. The molecule has 0 aliphatic rings. The van der Waals surface area contributed by atoms with Crippen molar-refractivity contribution in [3.05, 3.63) is 46.1 Å². The number of carbonyl (C=O) groups is 2. The van der Waals surface area contributed by atoms with Crippen LogP contribution in [0.4, 0.5) is 5.82 Å². The number of amides is 2. The Hall–Kier alpha value is -2.15. The lowest BCUT2D eigenvalue weighted by Crippen LogP contribution is -2.38. The van der Waals surface area contributed by atoms with E-state index in [1.807, 2.05) is 19.1 Å². The van der Waals surface area contributed by atoms with Gasteiger partial charge in [-0.3, -0.25) is 9.59 Å². The molecule has 0 saturated heterocycles. The van der Waals surface area contributed by atoms with Gasteiger partial charge in [0, 0.05) is 22.6 Å². The van der Waals surface area contributed by atoms with Gasteiger partial charge in [-0.25, -0.2) is 0 Å². The van der Waals surface area contributed by atoms with E-state index in [2.05, 4.69) is 26.4 Å². The Balaban J connectivity index is 2.05. The van der Waals surface area contributed by atoms with Gasteiger partial charge in [0.25, 0.3) is 5.91 Å². The van der Waals surface area contributed by atoms with Gasteiger partial charge in [0.05, 0.1) is 0 Å². The molecule has 2 rings (SSSR count). The Labute approximate surface area is 149 Å². The molecule has 0 atom stereocenters. The Morgan fingerprint density at radius 3 is 2.58 bits per heavy atom. The topological polar surface area (TPSA) is 75.4 Å². The number of nitrogens with one attached hydrogen (secondary N) is 1. The molecule has 1 N–H and O–H groups in total. The lowest BCUT2D eigenvalue weighted by atomic mass is 10.2. The number of anilines is 1. The highest BCUT2D eigenvalue weighted by molar-refractivity contribution is 9.10. The minimum Gasteiger partial charge on any atom is -0.360 e. The van der Waals surface area contributed by atoms with Crippen molar-refractivity contribution in [2.45, 2.75) is 26.7 Å². The van der Waals surface area contributed by atoms with E-state index in [4.69, 9.17) is 4.52 Å². The van der Waals surface area contributed by atoms with Crippen LogP contribution in [-0.4, -0.2) is 35.0 Å². The van der Waals surface area contributed by atoms with Crippen molar-refractivity contribution in [3.63, 3.8) is 0 Å². The van der Waals surface area contributed by atoms with E-state index in [0.29, 0.717) is 23.7 Å². The zero-order valence-electron chi connectivity index (χ0n) is 13.7. The Morgan fingerprint density at radius 2 is 2.00 bits per heavy atom. The summed E-state index contributed by atoms with van der Waals surface area (Å²) in [5.74, 6) is 0.496. The van der Waals surface area contributed by atoms with Crippen molar-refractivity contribution in [3.8, 4) is 0 Å². The van der Waals surface area contributed by atoms with Crippen molar-refractivity contribution in [2.75, 3.05) is 18.4 Å². The molecule has 1 aromatic carbocycles. The summed E-state index contributed by atoms with van der Waals surface area (Å²) >= 11 is 3.35. The van der Waals surface area contributed by atoms with E-state index >= 15 is 0 Å². The number of rotatable bonds is 7. The number of hydrogen-bond donors (Lipinski definition) is 1. The predicted octanol–water partition coefficient (Wildman–Crippen LogP) is 3.63. The van der Waals surface area contributed by atoms with Gasteiger partial charge in [0.2, 0.25) is 5.91 Å². The van der Waals surface area contributed by atoms with Crippen LogP contribution in [0.2, 0.25) is 0 Å². The van der Waals surface area contributed by atoms with Crippen molar-refractivity contribution >= 4 is 33.6 Å². The van der Waals surface area contributed by atoms with Gasteiger partial charge >= 0.3 is 0 Å². The maximum atomic E-state index is 12.7. The highest BCUT2D eigenvalue weighted by Crippen LogP contribution is 2.13. The summed E-state index contributed by atoms with van der Waals surface area (Å²) < 4.78 is 5.81. The first-order valence-electron chi connectivity index (χ1n) is 7.77. The summed E-state index contributed by atoms with van der Waals surface area (Å²) in [7, 11) is 0. The van der Waals surface area contributed by atoms with Crippen LogP contribution >= 0.6 is 15.9 Å². The minimum absolute atomic E-state index is 0.0270. The van der Waals surface area contributed by atoms with Gasteiger partial charge in [-0.2, -0.15) is 0 Å². The lowest BCUT2D eigenvalue weighted by Gasteiger charge is -2.22. The first kappa shape index (κ1) is 18.2. The normalized spacial score (nSPS) is 10.5. The van der Waals surface area contributed by atoms with E-state index in [1.165, 1.54) is 0 Å². The molecule has 1 aromatic heterocycles. The molecule has 2 aromatic rings. The van der Waals surface area contributed by atoms with E-state index in [-0.39, 0.29) is 18.4 Å². The second-order valence-electron chi connectivity index (χ2n) is 5.46. The molecule has 128 valence electrons. The van der Waals surface area contributed by atoms with Crippen molar-refractivity contribution in [1.29, 1.82) is 0 Å². The summed E-state index contributed by atoms with van der Waals surface area (Å²) in [5, 5.41) is 6.36. The summed E-state index contributed by atoms with van der Waals surface area (Å²) in [4.78, 5) is 26.4. The molecule has 0 aliphatic heterocycles. The van der Waals surface area contributed by atoms with Gasteiger partial charge in [-0.05, 0) is 37.6 Å². The van der Waals surface area contributed by atoms with Crippen molar-refractivity contribution in [1.82, 2.24) is 10.1 Å². The molecule has 2 amide bonds. The zero-order valence-corrected chi connectivity index (χ0v) is 15.3. The maximum absolute atomic E-state index is 12.7. The summed E-state index contributed by atoms with van der Waals surface area (Å²) in [6.07, 6.45) is 1.77. The SMILES string of the molecule is CCCCN(CC(=O)Nc1cc(C)on1)C(=O)c1ccc(Br)cc1. The fourth-order valence-electron chi connectivity index (χ4n) is 2.16. The van der Waals surface area contributed by atoms with E-state index in [9.17, 15) is 9.59 Å². The second kappa shape index (κ2) is 8.63. The van der Waals surface area contributed by atoms with Crippen LogP contribution in [-0.2, 0) is 4.79 Å². The minimum atomic E-state index is -0.301. The second-order valence-corrected chi connectivity index (χ2v) is 6.37. The average molecular weight is 394 g/mol. The molecule has 0 unspecified atom stereocenters. The molecule has 0 saturated carbocycles. The quantitative estimate of drug-likeness (QED) is 0.778. The molecular weight excluding hydrogens is 374 g/mol.